The summed E-state index contributed by atoms with van der Waals surface area (Å²) in [6.07, 6.45) is 0. The fourth-order valence-corrected chi connectivity index (χ4v) is 8.81. The fourth-order valence-electron chi connectivity index (χ4n) is 8.81. The lowest BCUT2D eigenvalue weighted by Gasteiger charge is -2.20. The summed E-state index contributed by atoms with van der Waals surface area (Å²) < 4.78 is 0. The number of hydrogen-bond donors (Lipinski definition) is 0. The maximum atomic E-state index is 5.58. The summed E-state index contributed by atoms with van der Waals surface area (Å²) in [6, 6.07) is 68.5. The van der Waals surface area contributed by atoms with Crippen molar-refractivity contribution in [3.8, 4) is 33.5 Å². The fraction of sp³-hybridized carbons (Fsp3) is 0. The van der Waals surface area contributed by atoms with Gasteiger partial charge in [-0.3, -0.25) is 0 Å². The van der Waals surface area contributed by atoms with E-state index in [2.05, 4.69) is 188 Å². The predicted octanol–water partition coefficient (Wildman–Crippen LogP) is 14.2. The van der Waals surface area contributed by atoms with Crippen LogP contribution in [0, 0.1) is 0 Å². The molecule has 11 aromatic rings. The molecule has 0 radical (unpaired) electrons. The van der Waals surface area contributed by atoms with Gasteiger partial charge in [0.15, 0.2) is 0 Å². The molecule has 1 nitrogen and oxygen atoms in total. The molecule has 0 amide bonds. The molecule has 1 heteroatoms. The van der Waals surface area contributed by atoms with Crippen LogP contribution in [0.3, 0.4) is 0 Å². The monoisotopic (exact) mass is 657 g/mol. The van der Waals surface area contributed by atoms with Gasteiger partial charge in [-0.15, -0.1) is 0 Å². The minimum absolute atomic E-state index is 0.996. The number of nitrogens with zero attached hydrogens (tertiary/aromatic N) is 1. The smallest absolute Gasteiger partial charge is 0.0794 e. The second kappa shape index (κ2) is 11.3. The lowest BCUT2D eigenvalue weighted by atomic mass is 9.84. The Bertz CT molecular complexity index is 3170. The van der Waals surface area contributed by atoms with Crippen LogP contribution in [0.25, 0.3) is 109 Å². The Morgan fingerprint density at radius 3 is 1.44 bits per heavy atom. The Morgan fingerprint density at radius 1 is 0.288 bits per heavy atom. The zero-order valence-corrected chi connectivity index (χ0v) is 28.3. The van der Waals surface area contributed by atoms with Gasteiger partial charge in [0.2, 0.25) is 0 Å². The number of aromatic nitrogens is 1. The van der Waals surface area contributed by atoms with Crippen LogP contribution in [0.15, 0.2) is 188 Å². The highest BCUT2D eigenvalue weighted by atomic mass is 14.7. The largest absolute Gasteiger partial charge is 0.247 e. The van der Waals surface area contributed by atoms with Gasteiger partial charge in [-0.25, -0.2) is 4.98 Å². The number of rotatable bonds is 3. The van der Waals surface area contributed by atoms with E-state index >= 15 is 0 Å². The van der Waals surface area contributed by atoms with Crippen LogP contribution in [0.1, 0.15) is 0 Å². The van der Waals surface area contributed by atoms with Crippen LogP contribution < -0.4 is 0 Å². The molecule has 0 unspecified atom stereocenters. The minimum atomic E-state index is 0.996. The van der Waals surface area contributed by atoms with Crippen LogP contribution in [-0.2, 0) is 0 Å². The molecule has 0 fully saturated rings. The van der Waals surface area contributed by atoms with Crippen molar-refractivity contribution in [3.05, 3.63) is 188 Å². The van der Waals surface area contributed by atoms with Gasteiger partial charge in [-0.05, 0) is 82.2 Å². The first-order valence-corrected chi connectivity index (χ1v) is 18.0. The van der Waals surface area contributed by atoms with Crippen LogP contribution in [-0.4, -0.2) is 4.98 Å². The van der Waals surface area contributed by atoms with Crippen LogP contribution in [0.2, 0.25) is 0 Å². The average Bonchev–Trinajstić information content (AvgIpc) is 3.22. The van der Waals surface area contributed by atoms with Gasteiger partial charge >= 0.3 is 0 Å². The molecule has 11 rings (SSSR count). The highest BCUT2D eigenvalue weighted by Gasteiger charge is 2.21. The molecule has 10 aromatic carbocycles. The van der Waals surface area contributed by atoms with E-state index < -0.39 is 0 Å². The Balaban J connectivity index is 1.27. The van der Waals surface area contributed by atoms with Crippen molar-refractivity contribution in [3.63, 3.8) is 0 Å². The molecular formula is C51H31N. The van der Waals surface area contributed by atoms with E-state index in [-0.39, 0.29) is 0 Å². The molecule has 0 saturated carbocycles. The molecule has 0 aliphatic rings. The summed E-state index contributed by atoms with van der Waals surface area (Å²) in [5.41, 5.74) is 8.08. The van der Waals surface area contributed by atoms with E-state index in [9.17, 15) is 0 Å². The predicted molar refractivity (Wildman–Crippen MR) is 223 cm³/mol. The van der Waals surface area contributed by atoms with Gasteiger partial charge < -0.3 is 0 Å². The second-order valence-corrected chi connectivity index (χ2v) is 13.8. The molecule has 240 valence electrons. The SMILES string of the molecule is c1ccc(-c2nc3cc(-c4c5ccccc5c(-c5cccc6ccccc56)c5ccccc45)ccc3c3c4ccccc4c4ccccc4c23)cc1. The summed E-state index contributed by atoms with van der Waals surface area (Å²) >= 11 is 0. The van der Waals surface area contributed by atoms with Gasteiger partial charge in [-0.2, -0.15) is 0 Å². The van der Waals surface area contributed by atoms with Crippen molar-refractivity contribution in [2.24, 2.45) is 0 Å². The Hall–Kier alpha value is -6.83. The van der Waals surface area contributed by atoms with Gasteiger partial charge in [0.05, 0.1) is 11.2 Å². The molecule has 0 bridgehead atoms. The Kier molecular flexibility index (Phi) is 6.32. The molecule has 52 heavy (non-hydrogen) atoms. The van der Waals surface area contributed by atoms with Crippen LogP contribution >= 0.6 is 0 Å². The summed E-state index contributed by atoms with van der Waals surface area (Å²) in [5.74, 6) is 0. The third-order valence-corrected chi connectivity index (χ3v) is 11.0. The maximum absolute atomic E-state index is 5.58. The Morgan fingerprint density at radius 2 is 0.788 bits per heavy atom. The van der Waals surface area contributed by atoms with E-state index in [1.165, 1.54) is 92.3 Å². The standard InChI is InChI=1S/C51H31N/c1-2-16-33(17-3-1)51-50-40-23-9-7-21-37(40)36-20-6-8-22-39(36)49(50)45-30-29-34(31-46(45)52-51)47-41-24-10-12-26-43(41)48(44-27-13-11-25-42(44)47)38-28-14-18-32-15-4-5-19-35(32)38/h1-31H. The minimum Gasteiger partial charge on any atom is -0.247 e. The number of hydrogen-bond acceptors (Lipinski definition) is 1. The van der Waals surface area contributed by atoms with Gasteiger partial charge in [0.25, 0.3) is 0 Å². The van der Waals surface area contributed by atoms with E-state index in [0.717, 1.165) is 16.8 Å². The topological polar surface area (TPSA) is 12.9 Å². The van der Waals surface area contributed by atoms with Gasteiger partial charge in [0, 0.05) is 21.7 Å². The van der Waals surface area contributed by atoms with Crippen molar-refractivity contribution in [2.45, 2.75) is 0 Å². The first-order chi connectivity index (χ1) is 25.8. The third-order valence-electron chi connectivity index (χ3n) is 11.0. The number of pyridine rings is 1. The van der Waals surface area contributed by atoms with E-state index in [0.29, 0.717) is 0 Å². The average molecular weight is 658 g/mol. The summed E-state index contributed by atoms with van der Waals surface area (Å²) in [7, 11) is 0. The van der Waals surface area contributed by atoms with Crippen LogP contribution in [0.5, 0.6) is 0 Å². The maximum Gasteiger partial charge on any atom is 0.0794 e. The molecule has 0 aliphatic carbocycles. The summed E-state index contributed by atoms with van der Waals surface area (Å²) in [6.45, 7) is 0. The van der Waals surface area contributed by atoms with Crippen molar-refractivity contribution in [1.29, 1.82) is 0 Å². The van der Waals surface area contributed by atoms with Crippen molar-refractivity contribution in [2.75, 3.05) is 0 Å². The molecule has 1 aromatic heterocycles. The molecular weight excluding hydrogens is 627 g/mol. The van der Waals surface area contributed by atoms with E-state index in [1.807, 2.05) is 0 Å². The number of fused-ring (bicyclic) bond motifs is 11. The van der Waals surface area contributed by atoms with Crippen molar-refractivity contribution >= 4 is 75.5 Å². The van der Waals surface area contributed by atoms with Gasteiger partial charge in [-0.1, -0.05) is 182 Å². The van der Waals surface area contributed by atoms with E-state index in [1.54, 1.807) is 0 Å². The third kappa shape index (κ3) is 4.20. The highest BCUT2D eigenvalue weighted by Crippen LogP contribution is 2.47. The first-order valence-electron chi connectivity index (χ1n) is 18.0. The summed E-state index contributed by atoms with van der Waals surface area (Å²) in [5, 5.41) is 16.1. The lowest BCUT2D eigenvalue weighted by molar-refractivity contribution is 1.43. The molecule has 0 aliphatic heterocycles. The zero-order chi connectivity index (χ0) is 34.2. The molecule has 0 atom stereocenters. The van der Waals surface area contributed by atoms with Crippen LogP contribution in [0.4, 0.5) is 0 Å². The quantitative estimate of drug-likeness (QED) is 0.136. The zero-order valence-electron chi connectivity index (χ0n) is 28.3. The van der Waals surface area contributed by atoms with Gasteiger partial charge in [0.1, 0.15) is 0 Å². The molecule has 0 spiro atoms. The highest BCUT2D eigenvalue weighted by molar-refractivity contribution is 6.34. The van der Waals surface area contributed by atoms with Crippen molar-refractivity contribution in [1.82, 2.24) is 4.98 Å². The second-order valence-electron chi connectivity index (χ2n) is 13.8. The van der Waals surface area contributed by atoms with Crippen molar-refractivity contribution < 1.29 is 0 Å². The lowest BCUT2D eigenvalue weighted by Crippen LogP contribution is -1.94. The molecule has 1 heterocycles. The molecule has 0 N–H and O–H groups in total. The summed E-state index contributed by atoms with van der Waals surface area (Å²) in [4.78, 5) is 5.58. The normalized spacial score (nSPS) is 11.8. The Labute approximate surface area is 301 Å². The number of benzene rings is 10. The molecule has 0 saturated heterocycles. The van der Waals surface area contributed by atoms with E-state index in [4.69, 9.17) is 4.98 Å². The first kappa shape index (κ1) is 29.0.